The third-order valence-electron chi connectivity index (χ3n) is 4.89. The fourth-order valence-electron chi connectivity index (χ4n) is 3.58. The molecule has 0 unspecified atom stereocenters. The number of likely N-dealkylation sites (tertiary alicyclic amines) is 1. The molecule has 0 aliphatic carbocycles. The maximum atomic E-state index is 12.6. The SMILES string of the molecule is COc1ccc([C@@H]2CCCN2CC(=O)Nc2ccccc2OC)c(OC)c1. The highest BCUT2D eigenvalue weighted by atomic mass is 16.5. The maximum absolute atomic E-state index is 12.6. The number of rotatable bonds is 7. The monoisotopic (exact) mass is 370 g/mol. The number of nitrogens with one attached hydrogen (secondary N) is 1. The van der Waals surface area contributed by atoms with E-state index in [2.05, 4.69) is 10.2 Å². The molecule has 1 atom stereocenters. The normalized spacial score (nSPS) is 16.8. The highest BCUT2D eigenvalue weighted by Gasteiger charge is 2.30. The summed E-state index contributed by atoms with van der Waals surface area (Å²) in [6.45, 7) is 1.19. The topological polar surface area (TPSA) is 60.0 Å². The Balaban J connectivity index is 1.72. The van der Waals surface area contributed by atoms with Gasteiger partial charge in [-0.05, 0) is 37.6 Å². The summed E-state index contributed by atoms with van der Waals surface area (Å²) in [7, 11) is 4.89. The summed E-state index contributed by atoms with van der Waals surface area (Å²) in [6, 6.07) is 13.4. The van der Waals surface area contributed by atoms with E-state index in [0.29, 0.717) is 18.0 Å². The van der Waals surface area contributed by atoms with E-state index < -0.39 is 0 Å². The van der Waals surface area contributed by atoms with Crippen molar-refractivity contribution in [1.82, 2.24) is 4.90 Å². The molecule has 1 aliphatic heterocycles. The van der Waals surface area contributed by atoms with Crippen molar-refractivity contribution in [2.75, 3.05) is 39.7 Å². The van der Waals surface area contributed by atoms with Crippen LogP contribution in [-0.4, -0.2) is 45.2 Å². The van der Waals surface area contributed by atoms with Crippen LogP contribution in [0.3, 0.4) is 0 Å². The van der Waals surface area contributed by atoms with E-state index >= 15 is 0 Å². The van der Waals surface area contributed by atoms with Crippen molar-refractivity contribution >= 4 is 11.6 Å². The zero-order valence-corrected chi connectivity index (χ0v) is 16.0. The average molecular weight is 370 g/mol. The molecule has 1 saturated heterocycles. The van der Waals surface area contributed by atoms with Crippen LogP contribution in [0.2, 0.25) is 0 Å². The number of amides is 1. The van der Waals surface area contributed by atoms with Gasteiger partial charge in [0.1, 0.15) is 17.2 Å². The molecule has 1 amide bonds. The number of carbonyl (C=O) groups excluding carboxylic acids is 1. The van der Waals surface area contributed by atoms with Gasteiger partial charge >= 0.3 is 0 Å². The average Bonchev–Trinajstić information content (AvgIpc) is 3.15. The second-order valence-corrected chi connectivity index (χ2v) is 6.48. The van der Waals surface area contributed by atoms with E-state index in [0.717, 1.165) is 36.4 Å². The molecule has 1 aliphatic rings. The number of ether oxygens (including phenoxy) is 3. The third-order valence-corrected chi connectivity index (χ3v) is 4.89. The molecule has 0 bridgehead atoms. The molecule has 1 heterocycles. The van der Waals surface area contributed by atoms with Crippen molar-refractivity contribution in [3.63, 3.8) is 0 Å². The van der Waals surface area contributed by atoms with Crippen molar-refractivity contribution in [2.24, 2.45) is 0 Å². The van der Waals surface area contributed by atoms with Gasteiger partial charge in [0, 0.05) is 17.7 Å². The van der Waals surface area contributed by atoms with E-state index in [1.54, 1.807) is 21.3 Å². The number of benzene rings is 2. The summed E-state index contributed by atoms with van der Waals surface area (Å²) >= 11 is 0. The van der Waals surface area contributed by atoms with Crippen molar-refractivity contribution in [2.45, 2.75) is 18.9 Å². The predicted octanol–water partition coefficient (Wildman–Crippen LogP) is 3.49. The van der Waals surface area contributed by atoms with E-state index in [1.807, 2.05) is 42.5 Å². The van der Waals surface area contributed by atoms with Crippen LogP contribution in [-0.2, 0) is 4.79 Å². The summed E-state index contributed by atoms with van der Waals surface area (Å²) < 4.78 is 16.1. The van der Waals surface area contributed by atoms with Crippen LogP contribution in [0.1, 0.15) is 24.4 Å². The van der Waals surface area contributed by atoms with E-state index in [1.165, 1.54) is 0 Å². The molecule has 6 nitrogen and oxygen atoms in total. The molecule has 2 aromatic carbocycles. The first-order valence-corrected chi connectivity index (χ1v) is 9.05. The first kappa shape index (κ1) is 19.0. The lowest BCUT2D eigenvalue weighted by Gasteiger charge is -2.26. The van der Waals surface area contributed by atoms with Crippen molar-refractivity contribution < 1.29 is 19.0 Å². The van der Waals surface area contributed by atoms with Gasteiger partial charge in [-0.15, -0.1) is 0 Å². The third kappa shape index (κ3) is 4.34. The summed E-state index contributed by atoms with van der Waals surface area (Å²) in [4.78, 5) is 14.8. The van der Waals surface area contributed by atoms with Crippen LogP contribution >= 0.6 is 0 Å². The number of hydrogen-bond donors (Lipinski definition) is 1. The molecular formula is C21H26N2O4. The Labute approximate surface area is 160 Å². The van der Waals surface area contributed by atoms with Crippen LogP contribution < -0.4 is 19.5 Å². The van der Waals surface area contributed by atoms with E-state index in [4.69, 9.17) is 14.2 Å². The van der Waals surface area contributed by atoms with E-state index in [9.17, 15) is 4.79 Å². The lowest BCUT2D eigenvalue weighted by molar-refractivity contribution is -0.117. The van der Waals surface area contributed by atoms with Crippen LogP contribution in [0.4, 0.5) is 5.69 Å². The summed E-state index contributed by atoms with van der Waals surface area (Å²) in [5, 5.41) is 2.95. The Kier molecular flexibility index (Phi) is 6.19. The summed E-state index contributed by atoms with van der Waals surface area (Å²) in [5.41, 5.74) is 1.77. The molecule has 3 rings (SSSR count). The van der Waals surface area contributed by atoms with Gasteiger partial charge in [0.25, 0.3) is 0 Å². The quantitative estimate of drug-likeness (QED) is 0.808. The van der Waals surface area contributed by atoms with E-state index in [-0.39, 0.29) is 11.9 Å². The molecule has 0 radical (unpaired) electrons. The molecule has 0 saturated carbocycles. The number of nitrogens with zero attached hydrogens (tertiary/aromatic N) is 1. The molecular weight excluding hydrogens is 344 g/mol. The Morgan fingerprint density at radius 3 is 2.59 bits per heavy atom. The number of carbonyl (C=O) groups is 1. The number of para-hydroxylation sites is 2. The highest BCUT2D eigenvalue weighted by molar-refractivity contribution is 5.93. The fourth-order valence-corrected chi connectivity index (χ4v) is 3.58. The standard InChI is InChI=1S/C21H26N2O4/c1-25-15-10-11-16(20(13-15)27-3)18-8-6-12-23(18)14-21(24)22-17-7-4-5-9-19(17)26-2/h4-5,7,9-11,13,18H,6,8,12,14H2,1-3H3,(H,22,24)/t18-/m0/s1. The van der Waals surface area contributed by atoms with Gasteiger partial charge in [-0.2, -0.15) is 0 Å². The molecule has 0 spiro atoms. The molecule has 6 heteroatoms. The van der Waals surface area contributed by atoms with Crippen molar-refractivity contribution in [3.8, 4) is 17.2 Å². The Morgan fingerprint density at radius 1 is 1.07 bits per heavy atom. The highest BCUT2D eigenvalue weighted by Crippen LogP contribution is 2.38. The fraction of sp³-hybridized carbons (Fsp3) is 0.381. The molecule has 1 fully saturated rings. The summed E-state index contributed by atoms with van der Waals surface area (Å²) in [5.74, 6) is 2.14. The lowest BCUT2D eigenvalue weighted by atomic mass is 10.0. The van der Waals surface area contributed by atoms with Gasteiger partial charge in [0.05, 0.1) is 33.6 Å². The number of methoxy groups -OCH3 is 3. The second kappa shape index (κ2) is 8.77. The van der Waals surface area contributed by atoms with Crippen LogP contribution in [0.5, 0.6) is 17.2 Å². The minimum Gasteiger partial charge on any atom is -0.497 e. The zero-order chi connectivity index (χ0) is 19.2. The minimum absolute atomic E-state index is 0.0566. The molecule has 27 heavy (non-hydrogen) atoms. The number of anilines is 1. The Bertz CT molecular complexity index is 794. The van der Waals surface area contributed by atoms with Gasteiger partial charge in [-0.3, -0.25) is 9.69 Å². The minimum atomic E-state index is -0.0566. The van der Waals surface area contributed by atoms with Crippen molar-refractivity contribution in [1.29, 1.82) is 0 Å². The van der Waals surface area contributed by atoms with Crippen molar-refractivity contribution in [3.05, 3.63) is 48.0 Å². The van der Waals surface area contributed by atoms with Gasteiger partial charge in [0.2, 0.25) is 5.91 Å². The first-order chi connectivity index (χ1) is 13.2. The van der Waals surface area contributed by atoms with Gasteiger partial charge in [0.15, 0.2) is 0 Å². The smallest absolute Gasteiger partial charge is 0.238 e. The zero-order valence-electron chi connectivity index (χ0n) is 16.0. The second-order valence-electron chi connectivity index (χ2n) is 6.48. The number of hydrogen-bond acceptors (Lipinski definition) is 5. The summed E-state index contributed by atoms with van der Waals surface area (Å²) in [6.07, 6.45) is 2.03. The lowest BCUT2D eigenvalue weighted by Crippen LogP contribution is -2.33. The predicted molar refractivity (Wildman–Crippen MR) is 105 cm³/mol. The van der Waals surface area contributed by atoms with Crippen LogP contribution in [0, 0.1) is 0 Å². The maximum Gasteiger partial charge on any atom is 0.238 e. The molecule has 2 aromatic rings. The van der Waals surface area contributed by atoms with Gasteiger partial charge in [-0.1, -0.05) is 18.2 Å². The van der Waals surface area contributed by atoms with Gasteiger partial charge in [-0.25, -0.2) is 0 Å². The molecule has 144 valence electrons. The van der Waals surface area contributed by atoms with Crippen LogP contribution in [0.15, 0.2) is 42.5 Å². The Morgan fingerprint density at radius 2 is 1.85 bits per heavy atom. The molecule has 0 aromatic heterocycles. The molecule has 1 N–H and O–H groups in total. The van der Waals surface area contributed by atoms with Gasteiger partial charge < -0.3 is 19.5 Å². The Hall–Kier alpha value is -2.73. The largest absolute Gasteiger partial charge is 0.497 e. The first-order valence-electron chi connectivity index (χ1n) is 9.05. The van der Waals surface area contributed by atoms with Crippen LogP contribution in [0.25, 0.3) is 0 Å².